The fraction of sp³-hybridized carbons (Fsp3) is 0.333. The molecule has 0 saturated heterocycles. The van der Waals surface area contributed by atoms with Gasteiger partial charge in [0.2, 0.25) is 0 Å². The molecule has 0 heterocycles. The van der Waals surface area contributed by atoms with Crippen LogP contribution in [0.4, 0.5) is 0 Å². The van der Waals surface area contributed by atoms with Crippen molar-refractivity contribution < 1.29 is 0 Å². The zero-order valence-electron chi connectivity index (χ0n) is 11.6. The van der Waals surface area contributed by atoms with Crippen molar-refractivity contribution in [3.8, 4) is 0 Å². The van der Waals surface area contributed by atoms with Gasteiger partial charge < -0.3 is 0 Å². The molecule has 0 spiro atoms. The van der Waals surface area contributed by atoms with Crippen LogP contribution in [-0.2, 0) is 0 Å². The molecule has 0 rings (SSSR count). The lowest BCUT2D eigenvalue weighted by Gasteiger charge is -1.92. The lowest BCUT2D eigenvalue weighted by atomic mass is 10.1. The lowest BCUT2D eigenvalue weighted by molar-refractivity contribution is 0.674. The van der Waals surface area contributed by atoms with Crippen molar-refractivity contribution in [3.63, 3.8) is 0 Å². The molecule has 0 aromatic carbocycles. The molecule has 0 aliphatic carbocycles. The van der Waals surface area contributed by atoms with E-state index in [-0.39, 0.29) is 0 Å². The summed E-state index contributed by atoms with van der Waals surface area (Å²) >= 11 is 0. The first kappa shape index (κ1) is 16.4. The van der Waals surface area contributed by atoms with Crippen LogP contribution in [0.25, 0.3) is 0 Å². The van der Waals surface area contributed by atoms with Crippen LogP contribution < -0.4 is 0 Å². The van der Waals surface area contributed by atoms with Gasteiger partial charge in [0.1, 0.15) is 0 Å². The molecule has 0 atom stereocenters. The summed E-state index contributed by atoms with van der Waals surface area (Å²) in [5.41, 5.74) is 0. The van der Waals surface area contributed by atoms with E-state index in [0.29, 0.717) is 0 Å². The van der Waals surface area contributed by atoms with Crippen LogP contribution in [0.15, 0.2) is 73.4 Å². The molecule has 98 valence electrons. The predicted molar refractivity (Wildman–Crippen MR) is 84.7 cm³/mol. The van der Waals surface area contributed by atoms with Gasteiger partial charge >= 0.3 is 0 Å². The number of allylic oxidation sites excluding steroid dienone is 11. The van der Waals surface area contributed by atoms with E-state index < -0.39 is 0 Å². The summed E-state index contributed by atoms with van der Waals surface area (Å²) in [5, 5.41) is 0. The second-order valence-corrected chi connectivity index (χ2v) is 4.05. The first-order chi connectivity index (χ1) is 8.91. The largest absolute Gasteiger partial charge is 0.0991 e. The normalized spacial score (nSPS) is 12.9. The molecule has 0 aromatic rings. The Morgan fingerprint density at radius 1 is 0.667 bits per heavy atom. The fourth-order valence-corrected chi connectivity index (χ4v) is 1.39. The molecular formula is C18H26. The third-order valence-corrected chi connectivity index (χ3v) is 2.39. The minimum atomic E-state index is 1.19. The van der Waals surface area contributed by atoms with Gasteiger partial charge in [-0.05, 0) is 12.8 Å². The van der Waals surface area contributed by atoms with Crippen molar-refractivity contribution in [1.29, 1.82) is 0 Å². The molecule has 0 bridgehead atoms. The molecule has 0 aromatic heterocycles. The first-order valence-electron chi connectivity index (χ1n) is 6.86. The Hall–Kier alpha value is -1.56. The average Bonchev–Trinajstić information content (AvgIpc) is 2.39. The van der Waals surface area contributed by atoms with Gasteiger partial charge in [-0.1, -0.05) is 99.6 Å². The van der Waals surface area contributed by atoms with Gasteiger partial charge in [-0.3, -0.25) is 0 Å². The van der Waals surface area contributed by atoms with Crippen LogP contribution in [0, 0.1) is 0 Å². The topological polar surface area (TPSA) is 0 Å². The number of unbranched alkanes of at least 4 members (excludes halogenated alkanes) is 4. The van der Waals surface area contributed by atoms with Gasteiger partial charge in [0.15, 0.2) is 0 Å². The van der Waals surface area contributed by atoms with Crippen LogP contribution in [0.2, 0.25) is 0 Å². The van der Waals surface area contributed by atoms with Crippen LogP contribution >= 0.6 is 0 Å². The van der Waals surface area contributed by atoms with Crippen molar-refractivity contribution in [3.05, 3.63) is 73.4 Å². The molecule has 0 aliphatic rings. The van der Waals surface area contributed by atoms with E-state index in [1.54, 1.807) is 6.08 Å². The zero-order valence-corrected chi connectivity index (χ0v) is 11.6. The predicted octanol–water partition coefficient (Wildman–Crippen LogP) is 5.92. The van der Waals surface area contributed by atoms with Gasteiger partial charge in [-0.15, -0.1) is 0 Å². The van der Waals surface area contributed by atoms with E-state index in [1.807, 2.05) is 42.5 Å². The summed E-state index contributed by atoms with van der Waals surface area (Å²) in [6.07, 6.45) is 28.7. The maximum absolute atomic E-state index is 3.60. The molecule has 0 radical (unpaired) electrons. The number of hydrogen-bond donors (Lipinski definition) is 0. The molecule has 0 unspecified atom stereocenters. The van der Waals surface area contributed by atoms with Crippen LogP contribution in [-0.4, -0.2) is 0 Å². The third-order valence-electron chi connectivity index (χ3n) is 2.39. The van der Waals surface area contributed by atoms with E-state index in [2.05, 4.69) is 31.7 Å². The Morgan fingerprint density at radius 2 is 1.22 bits per heavy atom. The Morgan fingerprint density at radius 3 is 1.78 bits per heavy atom. The summed E-state index contributed by atoms with van der Waals surface area (Å²) < 4.78 is 0. The first-order valence-corrected chi connectivity index (χ1v) is 6.86. The number of rotatable bonds is 10. The van der Waals surface area contributed by atoms with E-state index >= 15 is 0 Å². The highest BCUT2D eigenvalue weighted by Crippen LogP contribution is 2.02. The van der Waals surface area contributed by atoms with E-state index in [9.17, 15) is 0 Å². The smallest absolute Gasteiger partial charge is 0.0348 e. The van der Waals surface area contributed by atoms with E-state index in [4.69, 9.17) is 0 Å². The summed E-state index contributed by atoms with van der Waals surface area (Å²) in [4.78, 5) is 0. The van der Waals surface area contributed by atoms with Crippen molar-refractivity contribution >= 4 is 0 Å². The van der Waals surface area contributed by atoms with Crippen molar-refractivity contribution in [2.24, 2.45) is 0 Å². The maximum atomic E-state index is 3.60. The Kier molecular flexibility index (Phi) is 14.1. The zero-order chi connectivity index (χ0) is 13.3. The summed E-state index contributed by atoms with van der Waals surface area (Å²) in [6.45, 7) is 5.84. The minimum absolute atomic E-state index is 1.19. The molecular weight excluding hydrogens is 216 g/mol. The van der Waals surface area contributed by atoms with Crippen molar-refractivity contribution in [2.75, 3.05) is 0 Å². The second kappa shape index (κ2) is 15.4. The van der Waals surface area contributed by atoms with Gasteiger partial charge in [0.25, 0.3) is 0 Å². The Balaban J connectivity index is 3.54. The van der Waals surface area contributed by atoms with Gasteiger partial charge in [0, 0.05) is 0 Å². The summed E-state index contributed by atoms with van der Waals surface area (Å²) in [7, 11) is 0. The molecule has 18 heavy (non-hydrogen) atoms. The van der Waals surface area contributed by atoms with E-state index in [0.717, 1.165) is 0 Å². The van der Waals surface area contributed by atoms with Crippen LogP contribution in [0.1, 0.15) is 39.0 Å². The maximum Gasteiger partial charge on any atom is -0.0348 e. The highest BCUT2D eigenvalue weighted by molar-refractivity contribution is 5.18. The second-order valence-electron chi connectivity index (χ2n) is 4.05. The van der Waals surface area contributed by atoms with E-state index in [1.165, 1.54) is 32.1 Å². The summed E-state index contributed by atoms with van der Waals surface area (Å²) in [5.74, 6) is 0. The molecule has 0 aliphatic heterocycles. The Labute approximate surface area is 113 Å². The SMILES string of the molecule is C=C/C=C/C=C/C=C/C=C/C=C/CCCCCC. The van der Waals surface area contributed by atoms with Crippen LogP contribution in [0.5, 0.6) is 0 Å². The third kappa shape index (κ3) is 14.4. The van der Waals surface area contributed by atoms with Crippen molar-refractivity contribution in [1.82, 2.24) is 0 Å². The van der Waals surface area contributed by atoms with Crippen LogP contribution in [0.3, 0.4) is 0 Å². The van der Waals surface area contributed by atoms with Gasteiger partial charge in [-0.2, -0.15) is 0 Å². The molecule has 0 fully saturated rings. The quantitative estimate of drug-likeness (QED) is 0.329. The molecule has 0 heteroatoms. The monoisotopic (exact) mass is 242 g/mol. The number of hydrogen-bond acceptors (Lipinski definition) is 0. The molecule has 0 amide bonds. The fourth-order valence-electron chi connectivity index (χ4n) is 1.39. The van der Waals surface area contributed by atoms with Gasteiger partial charge in [-0.25, -0.2) is 0 Å². The molecule has 0 nitrogen and oxygen atoms in total. The highest BCUT2D eigenvalue weighted by Gasteiger charge is 1.82. The molecule has 0 N–H and O–H groups in total. The average molecular weight is 242 g/mol. The minimum Gasteiger partial charge on any atom is -0.0991 e. The van der Waals surface area contributed by atoms with Gasteiger partial charge in [0.05, 0.1) is 0 Å². The standard InChI is InChI=1S/C18H26/c1-3-5-7-9-11-13-15-17-18-16-14-12-10-8-6-4-2/h3,5,7,9,11,13-18H,1,4,6,8,10,12H2,2H3/b7-5+,11-9+,15-13+,16-14+,18-17+. The van der Waals surface area contributed by atoms with Crippen molar-refractivity contribution in [2.45, 2.75) is 39.0 Å². The lowest BCUT2D eigenvalue weighted by Crippen LogP contribution is -1.72. The molecule has 0 saturated carbocycles. The summed E-state index contributed by atoms with van der Waals surface area (Å²) in [6, 6.07) is 0. The highest BCUT2D eigenvalue weighted by atomic mass is 13.9. The Bertz CT molecular complexity index is 311.